The fourth-order valence-electron chi connectivity index (χ4n) is 4.98. The number of likely N-dealkylation sites (tertiary alicyclic amines) is 1. The monoisotopic (exact) mass is 417 g/mol. The Morgan fingerprint density at radius 1 is 1.10 bits per heavy atom. The molecule has 0 radical (unpaired) electrons. The molecule has 0 spiro atoms. The molecule has 1 fully saturated rings. The van der Waals surface area contributed by atoms with Gasteiger partial charge in [-0.25, -0.2) is 0 Å². The number of benzene rings is 2. The number of piperidine rings is 1. The maximum Gasteiger partial charge on any atom is 0.265 e. The van der Waals surface area contributed by atoms with E-state index in [0.717, 1.165) is 42.0 Å². The number of anilines is 1. The van der Waals surface area contributed by atoms with Crippen LogP contribution >= 0.6 is 0 Å². The van der Waals surface area contributed by atoms with Gasteiger partial charge >= 0.3 is 0 Å². The van der Waals surface area contributed by atoms with Crippen LogP contribution in [-0.2, 0) is 16.9 Å². The van der Waals surface area contributed by atoms with Gasteiger partial charge in [-0.3, -0.25) is 9.69 Å². The number of fused-ring (bicyclic) bond motifs is 1. The molecule has 0 unspecified atom stereocenters. The molecular weight excluding hydrogens is 390 g/mol. The van der Waals surface area contributed by atoms with E-state index in [-0.39, 0.29) is 0 Å². The molecule has 0 bridgehead atoms. The van der Waals surface area contributed by atoms with Gasteiger partial charge in [-0.15, -0.1) is 0 Å². The summed E-state index contributed by atoms with van der Waals surface area (Å²) in [6.07, 6.45) is 3.65. The van der Waals surface area contributed by atoms with Crippen molar-refractivity contribution in [1.29, 1.82) is 0 Å². The normalized spacial score (nSPS) is 21.2. The summed E-state index contributed by atoms with van der Waals surface area (Å²) < 4.78 is 5.33. The lowest BCUT2D eigenvalue weighted by Crippen LogP contribution is -2.37. The summed E-state index contributed by atoms with van der Waals surface area (Å²) in [6, 6.07) is 13.4. The summed E-state index contributed by atoms with van der Waals surface area (Å²) in [6.45, 7) is 6.58. The van der Waals surface area contributed by atoms with Crippen molar-refractivity contribution in [3.8, 4) is 11.1 Å². The molecule has 31 heavy (non-hydrogen) atoms. The highest BCUT2D eigenvalue weighted by atomic mass is 16.5. The molecule has 2 aliphatic heterocycles. The fourth-order valence-corrected chi connectivity index (χ4v) is 4.98. The van der Waals surface area contributed by atoms with Crippen LogP contribution in [0.5, 0.6) is 0 Å². The van der Waals surface area contributed by atoms with E-state index >= 15 is 0 Å². The third-order valence-corrected chi connectivity index (χ3v) is 6.56. The van der Waals surface area contributed by atoms with E-state index < -0.39 is 11.5 Å². The molecule has 2 aromatic carbocycles. The van der Waals surface area contributed by atoms with E-state index in [4.69, 9.17) is 4.52 Å². The van der Waals surface area contributed by atoms with Gasteiger partial charge in [0.2, 0.25) is 0 Å². The molecule has 2 aliphatic rings. The highest BCUT2D eigenvalue weighted by Gasteiger charge is 2.48. The number of nitrogens with zero attached hydrogens (tertiary/aromatic N) is 2. The van der Waals surface area contributed by atoms with Gasteiger partial charge in [0.05, 0.1) is 5.69 Å². The molecule has 1 atom stereocenters. The number of hydrogen-bond acceptors (Lipinski definition) is 5. The van der Waals surface area contributed by atoms with Crippen molar-refractivity contribution >= 4 is 11.6 Å². The number of amides is 1. The number of carbonyl (C=O) groups excluding carboxylic acids is 1. The van der Waals surface area contributed by atoms with E-state index in [9.17, 15) is 9.90 Å². The van der Waals surface area contributed by atoms with Gasteiger partial charge < -0.3 is 14.9 Å². The van der Waals surface area contributed by atoms with Crippen LogP contribution in [0.15, 0.2) is 47.0 Å². The first kappa shape index (κ1) is 20.0. The first-order valence-electron chi connectivity index (χ1n) is 10.9. The minimum Gasteiger partial charge on any atom is -0.372 e. The van der Waals surface area contributed by atoms with Crippen molar-refractivity contribution in [3.05, 3.63) is 70.6 Å². The lowest BCUT2D eigenvalue weighted by molar-refractivity contribution is -0.129. The topological polar surface area (TPSA) is 78.6 Å². The molecule has 3 heterocycles. The second-order valence-electron chi connectivity index (χ2n) is 8.62. The number of aromatic nitrogens is 1. The van der Waals surface area contributed by atoms with Crippen LogP contribution < -0.4 is 5.32 Å². The minimum absolute atomic E-state index is 0.412. The van der Waals surface area contributed by atoms with Crippen molar-refractivity contribution in [2.24, 2.45) is 0 Å². The van der Waals surface area contributed by atoms with Gasteiger partial charge in [0.25, 0.3) is 5.91 Å². The molecule has 160 valence electrons. The lowest BCUT2D eigenvalue weighted by Gasteiger charge is -2.30. The molecule has 0 saturated carbocycles. The Balaban J connectivity index is 1.60. The van der Waals surface area contributed by atoms with Gasteiger partial charge in [0, 0.05) is 28.9 Å². The second kappa shape index (κ2) is 7.62. The summed E-state index contributed by atoms with van der Waals surface area (Å²) >= 11 is 0. The van der Waals surface area contributed by atoms with Crippen LogP contribution in [0.1, 0.15) is 47.4 Å². The van der Waals surface area contributed by atoms with Crippen molar-refractivity contribution in [3.63, 3.8) is 0 Å². The number of aliphatic hydroxyl groups is 1. The highest BCUT2D eigenvalue weighted by Crippen LogP contribution is 2.44. The minimum atomic E-state index is -1.74. The summed E-state index contributed by atoms with van der Waals surface area (Å²) in [7, 11) is 0. The summed E-state index contributed by atoms with van der Waals surface area (Å²) in [5.41, 5.74) is 3.65. The number of aryl methyl sites for hydroxylation is 2. The summed E-state index contributed by atoms with van der Waals surface area (Å²) in [5.74, 6) is 0.299. The van der Waals surface area contributed by atoms with E-state index in [2.05, 4.69) is 15.4 Å². The molecule has 2 N–H and O–H groups in total. The largest absolute Gasteiger partial charge is 0.372 e. The van der Waals surface area contributed by atoms with Crippen LogP contribution in [0.4, 0.5) is 5.69 Å². The van der Waals surface area contributed by atoms with Crippen LogP contribution in [0.2, 0.25) is 0 Å². The number of rotatable bonds is 4. The third-order valence-electron chi connectivity index (χ3n) is 6.56. The average Bonchev–Trinajstić information content (AvgIpc) is 3.25. The first-order valence-corrected chi connectivity index (χ1v) is 10.9. The van der Waals surface area contributed by atoms with Crippen molar-refractivity contribution in [2.45, 2.75) is 45.3 Å². The molecule has 1 saturated heterocycles. The van der Waals surface area contributed by atoms with Crippen molar-refractivity contribution in [2.75, 3.05) is 18.4 Å². The number of carbonyl (C=O) groups is 1. The Morgan fingerprint density at radius 3 is 2.61 bits per heavy atom. The maximum atomic E-state index is 13.1. The average molecular weight is 418 g/mol. The first-order chi connectivity index (χ1) is 15.0. The zero-order valence-corrected chi connectivity index (χ0v) is 17.9. The molecular formula is C25H27N3O3. The lowest BCUT2D eigenvalue weighted by atomic mass is 9.83. The van der Waals surface area contributed by atoms with Gasteiger partial charge in [0.1, 0.15) is 5.76 Å². The molecule has 1 amide bonds. The zero-order valence-electron chi connectivity index (χ0n) is 17.9. The van der Waals surface area contributed by atoms with E-state index in [0.29, 0.717) is 22.6 Å². The van der Waals surface area contributed by atoms with Gasteiger partial charge in [-0.1, -0.05) is 41.9 Å². The molecule has 5 rings (SSSR count). The van der Waals surface area contributed by atoms with Crippen molar-refractivity contribution < 1.29 is 14.4 Å². The van der Waals surface area contributed by atoms with Crippen LogP contribution in [0.3, 0.4) is 0 Å². The van der Waals surface area contributed by atoms with Crippen molar-refractivity contribution in [1.82, 2.24) is 10.1 Å². The standard InChI is InChI=1S/C25H27N3O3/c1-16-23(17(2)31-27-16)18-10-11-22-21(14-18)25(30,24(29)26-22)20-9-5-4-8-19(20)15-28-12-6-3-7-13-28/h4-5,8-11,14,30H,3,6-7,12-13,15H2,1-2H3,(H,26,29)/t25-/m1/s1. The zero-order chi connectivity index (χ0) is 21.6. The quantitative estimate of drug-likeness (QED) is 0.667. The Kier molecular flexibility index (Phi) is 4.91. The van der Waals surface area contributed by atoms with Crippen LogP contribution in [0.25, 0.3) is 11.1 Å². The molecule has 3 aromatic rings. The third kappa shape index (κ3) is 3.27. The summed E-state index contributed by atoms with van der Waals surface area (Å²) in [5, 5.41) is 18.8. The molecule has 6 nitrogen and oxygen atoms in total. The predicted octanol–water partition coefficient (Wildman–Crippen LogP) is 4.13. The second-order valence-corrected chi connectivity index (χ2v) is 8.62. The van der Waals surface area contributed by atoms with Crippen LogP contribution in [0, 0.1) is 13.8 Å². The Labute approximate surface area is 181 Å². The highest BCUT2D eigenvalue weighted by molar-refractivity contribution is 6.08. The number of nitrogens with one attached hydrogen (secondary N) is 1. The van der Waals surface area contributed by atoms with Crippen LogP contribution in [-0.4, -0.2) is 34.2 Å². The Bertz CT molecular complexity index is 1130. The molecule has 0 aliphatic carbocycles. The van der Waals surface area contributed by atoms with Gasteiger partial charge in [-0.05, 0) is 63.0 Å². The molecule has 6 heteroatoms. The number of hydrogen-bond donors (Lipinski definition) is 2. The van der Waals surface area contributed by atoms with E-state index in [1.807, 2.05) is 56.3 Å². The van der Waals surface area contributed by atoms with Gasteiger partial charge in [0.15, 0.2) is 5.60 Å². The predicted molar refractivity (Wildman–Crippen MR) is 119 cm³/mol. The smallest absolute Gasteiger partial charge is 0.265 e. The Morgan fingerprint density at radius 2 is 1.87 bits per heavy atom. The Hall–Kier alpha value is -2.96. The fraction of sp³-hybridized carbons (Fsp3) is 0.360. The summed E-state index contributed by atoms with van der Waals surface area (Å²) in [4.78, 5) is 15.5. The molecule has 1 aromatic heterocycles. The van der Waals surface area contributed by atoms with E-state index in [1.54, 1.807) is 0 Å². The van der Waals surface area contributed by atoms with E-state index in [1.165, 1.54) is 19.3 Å². The van der Waals surface area contributed by atoms with Gasteiger partial charge in [-0.2, -0.15) is 0 Å². The SMILES string of the molecule is Cc1noc(C)c1-c1ccc2c(c1)[C@](O)(c1ccccc1CN1CCCCC1)C(=O)N2. The maximum absolute atomic E-state index is 13.1.